The molecule has 8 heteroatoms. The molecule has 35 heavy (non-hydrogen) atoms. The Balaban J connectivity index is 1.32. The number of aromatic amines is 1. The van der Waals surface area contributed by atoms with Gasteiger partial charge in [-0.3, -0.25) is 9.88 Å². The van der Waals surface area contributed by atoms with E-state index >= 15 is 0 Å². The molecule has 176 valence electrons. The van der Waals surface area contributed by atoms with Gasteiger partial charge in [-0.05, 0) is 68.8 Å². The van der Waals surface area contributed by atoms with Crippen LogP contribution < -0.4 is 10.1 Å². The molecule has 2 N–H and O–H groups in total. The fraction of sp³-hybridized carbons (Fsp3) is 0.259. The van der Waals surface area contributed by atoms with Crippen LogP contribution in [0.25, 0.3) is 33.1 Å². The molecule has 4 heterocycles. The zero-order valence-electron chi connectivity index (χ0n) is 19.7. The molecular formula is C27H27N7O. The lowest BCUT2D eigenvalue weighted by molar-refractivity contribution is 0.237. The van der Waals surface area contributed by atoms with Crippen LogP contribution in [0, 0.1) is 6.92 Å². The number of para-hydroxylation sites is 1. The average molecular weight is 466 g/mol. The Morgan fingerprint density at radius 3 is 2.80 bits per heavy atom. The first-order valence-electron chi connectivity index (χ1n) is 12.0. The van der Waals surface area contributed by atoms with E-state index in [4.69, 9.17) is 9.72 Å². The van der Waals surface area contributed by atoms with E-state index < -0.39 is 0 Å². The molecular weight excluding hydrogens is 438 g/mol. The van der Waals surface area contributed by atoms with Gasteiger partial charge in [0.2, 0.25) is 0 Å². The minimum Gasteiger partial charge on any atom is -0.492 e. The van der Waals surface area contributed by atoms with Crippen molar-refractivity contribution in [3.63, 3.8) is 0 Å². The van der Waals surface area contributed by atoms with Gasteiger partial charge in [0.05, 0.1) is 5.52 Å². The predicted octanol–water partition coefficient (Wildman–Crippen LogP) is 5.09. The first kappa shape index (κ1) is 21.5. The highest BCUT2D eigenvalue weighted by Crippen LogP contribution is 2.35. The largest absolute Gasteiger partial charge is 0.492 e. The Bertz CT molecular complexity index is 1480. The third-order valence-electron chi connectivity index (χ3n) is 6.60. The quantitative estimate of drug-likeness (QED) is 0.323. The number of likely N-dealkylation sites (tertiary alicyclic amines) is 1. The first-order valence-corrected chi connectivity index (χ1v) is 12.0. The van der Waals surface area contributed by atoms with E-state index in [1.165, 1.54) is 25.9 Å². The van der Waals surface area contributed by atoms with Crippen LogP contribution in [0.3, 0.4) is 0 Å². The molecule has 0 spiro atoms. The lowest BCUT2D eigenvalue weighted by atomic mass is 10.0. The molecule has 1 fully saturated rings. The SMILES string of the molecule is Cc1cc(Nc2nc3c(-c4nnc[nH]4)cccc3c3cnccc23)ccc1OCCN1CCCC1. The summed E-state index contributed by atoms with van der Waals surface area (Å²) in [4.78, 5) is 15.0. The van der Waals surface area contributed by atoms with Gasteiger partial charge in [-0.1, -0.05) is 12.1 Å². The van der Waals surface area contributed by atoms with Gasteiger partial charge < -0.3 is 15.0 Å². The number of benzene rings is 2. The second-order valence-electron chi connectivity index (χ2n) is 8.92. The van der Waals surface area contributed by atoms with Gasteiger partial charge in [0, 0.05) is 46.3 Å². The zero-order valence-corrected chi connectivity index (χ0v) is 19.7. The second kappa shape index (κ2) is 9.31. The van der Waals surface area contributed by atoms with Crippen molar-refractivity contribution in [2.75, 3.05) is 31.6 Å². The maximum Gasteiger partial charge on any atom is 0.163 e. The lowest BCUT2D eigenvalue weighted by Crippen LogP contribution is -2.25. The van der Waals surface area contributed by atoms with Crippen molar-refractivity contribution in [1.29, 1.82) is 0 Å². The molecule has 3 aromatic heterocycles. The number of aryl methyl sites for hydroxylation is 1. The molecule has 0 saturated carbocycles. The summed E-state index contributed by atoms with van der Waals surface area (Å²) in [6.07, 6.45) is 7.86. The summed E-state index contributed by atoms with van der Waals surface area (Å²) in [6, 6.07) is 14.2. The molecule has 0 aliphatic carbocycles. The van der Waals surface area contributed by atoms with E-state index in [0.29, 0.717) is 12.4 Å². The normalized spacial score (nSPS) is 14.1. The van der Waals surface area contributed by atoms with Crippen molar-refractivity contribution in [3.8, 4) is 17.1 Å². The number of H-pyrrole nitrogens is 1. The van der Waals surface area contributed by atoms with Crippen LogP contribution in [0.2, 0.25) is 0 Å². The number of pyridine rings is 2. The van der Waals surface area contributed by atoms with Crippen LogP contribution in [-0.2, 0) is 0 Å². The molecule has 0 amide bonds. The minimum atomic E-state index is 0.684. The van der Waals surface area contributed by atoms with Crippen molar-refractivity contribution in [2.45, 2.75) is 19.8 Å². The molecule has 5 aromatic rings. The lowest BCUT2D eigenvalue weighted by Gasteiger charge is -2.17. The molecule has 1 aliphatic rings. The van der Waals surface area contributed by atoms with Crippen LogP contribution in [0.15, 0.2) is 61.2 Å². The van der Waals surface area contributed by atoms with E-state index in [1.807, 2.05) is 36.5 Å². The maximum absolute atomic E-state index is 6.08. The highest BCUT2D eigenvalue weighted by Gasteiger charge is 2.15. The summed E-state index contributed by atoms with van der Waals surface area (Å²) in [6.45, 7) is 6.14. The molecule has 6 rings (SSSR count). The van der Waals surface area contributed by atoms with Crippen LogP contribution in [-0.4, -0.2) is 56.3 Å². The summed E-state index contributed by atoms with van der Waals surface area (Å²) < 4.78 is 6.08. The molecule has 2 aromatic carbocycles. The molecule has 1 aliphatic heterocycles. The monoisotopic (exact) mass is 465 g/mol. The Kier molecular flexibility index (Phi) is 5.71. The summed E-state index contributed by atoms with van der Waals surface area (Å²) in [7, 11) is 0. The van der Waals surface area contributed by atoms with Crippen LogP contribution in [0.1, 0.15) is 18.4 Å². The number of fused-ring (bicyclic) bond motifs is 3. The molecule has 0 bridgehead atoms. The van der Waals surface area contributed by atoms with Gasteiger partial charge in [0.25, 0.3) is 0 Å². The fourth-order valence-corrected chi connectivity index (χ4v) is 4.81. The number of nitrogens with zero attached hydrogens (tertiary/aromatic N) is 5. The summed E-state index contributed by atoms with van der Waals surface area (Å²) in [5.74, 6) is 2.37. The molecule has 0 radical (unpaired) electrons. The van der Waals surface area contributed by atoms with Gasteiger partial charge in [-0.2, -0.15) is 0 Å². The van der Waals surface area contributed by atoms with Crippen molar-refractivity contribution < 1.29 is 4.74 Å². The van der Waals surface area contributed by atoms with Gasteiger partial charge in [-0.25, -0.2) is 4.98 Å². The standard InChI is InChI=1S/C27H27N7O/c1-18-15-19(7-8-24(18)35-14-13-34-11-2-3-12-34)31-27-21-9-10-28-16-23(21)20-5-4-6-22(25(20)32-27)26-29-17-30-33-26/h4-10,15-17H,2-3,11-14H2,1H3,(H,31,32)(H,29,30,33). The number of aromatic nitrogens is 5. The third kappa shape index (κ3) is 4.28. The van der Waals surface area contributed by atoms with Crippen LogP contribution >= 0.6 is 0 Å². The van der Waals surface area contributed by atoms with E-state index in [-0.39, 0.29) is 0 Å². The third-order valence-corrected chi connectivity index (χ3v) is 6.60. The highest BCUT2D eigenvalue weighted by molar-refractivity contribution is 6.13. The van der Waals surface area contributed by atoms with Crippen LogP contribution in [0.4, 0.5) is 11.5 Å². The number of ether oxygens (including phenoxy) is 1. The van der Waals surface area contributed by atoms with E-state index in [0.717, 1.165) is 56.6 Å². The number of anilines is 2. The highest BCUT2D eigenvalue weighted by atomic mass is 16.5. The summed E-state index contributed by atoms with van der Waals surface area (Å²) >= 11 is 0. The van der Waals surface area contributed by atoms with E-state index in [9.17, 15) is 0 Å². The van der Waals surface area contributed by atoms with Gasteiger partial charge in [-0.15, -0.1) is 10.2 Å². The topological polar surface area (TPSA) is 91.9 Å². The Morgan fingerprint density at radius 2 is 1.97 bits per heavy atom. The zero-order chi connectivity index (χ0) is 23.6. The summed E-state index contributed by atoms with van der Waals surface area (Å²) in [5, 5.41) is 14.7. The minimum absolute atomic E-state index is 0.684. The maximum atomic E-state index is 6.08. The molecule has 0 unspecified atom stereocenters. The van der Waals surface area contributed by atoms with Gasteiger partial charge in [0.1, 0.15) is 24.5 Å². The van der Waals surface area contributed by atoms with E-state index in [1.54, 1.807) is 12.5 Å². The molecule has 0 atom stereocenters. The Morgan fingerprint density at radius 1 is 1.06 bits per heavy atom. The molecule has 1 saturated heterocycles. The fourth-order valence-electron chi connectivity index (χ4n) is 4.81. The van der Waals surface area contributed by atoms with Crippen molar-refractivity contribution in [1.82, 2.24) is 30.0 Å². The number of rotatable bonds is 7. The van der Waals surface area contributed by atoms with Crippen molar-refractivity contribution in [3.05, 3.63) is 66.7 Å². The first-order chi connectivity index (χ1) is 17.3. The van der Waals surface area contributed by atoms with Crippen molar-refractivity contribution >= 4 is 33.2 Å². The van der Waals surface area contributed by atoms with Crippen molar-refractivity contribution in [2.24, 2.45) is 0 Å². The smallest absolute Gasteiger partial charge is 0.163 e. The second-order valence-corrected chi connectivity index (χ2v) is 8.92. The Labute approximate surface area is 203 Å². The van der Waals surface area contributed by atoms with E-state index in [2.05, 4.69) is 49.4 Å². The van der Waals surface area contributed by atoms with Gasteiger partial charge in [0.15, 0.2) is 5.82 Å². The molecule has 8 nitrogen and oxygen atoms in total. The average Bonchev–Trinajstić information content (AvgIpc) is 3.60. The number of nitrogens with one attached hydrogen (secondary N) is 2. The van der Waals surface area contributed by atoms with Crippen LogP contribution in [0.5, 0.6) is 5.75 Å². The predicted molar refractivity (Wildman–Crippen MR) is 138 cm³/mol. The number of hydrogen-bond donors (Lipinski definition) is 2. The van der Waals surface area contributed by atoms with Gasteiger partial charge >= 0.3 is 0 Å². The summed E-state index contributed by atoms with van der Waals surface area (Å²) in [5.41, 5.74) is 3.78. The Hall–Kier alpha value is -4.04. The number of hydrogen-bond acceptors (Lipinski definition) is 7.